The molecule has 1 aromatic carbocycles. The van der Waals surface area contributed by atoms with Crippen molar-refractivity contribution in [3.05, 3.63) is 88.9 Å². The van der Waals surface area contributed by atoms with Gasteiger partial charge in [0.2, 0.25) is 0 Å². The lowest BCUT2D eigenvalue weighted by atomic mass is 9.66. The predicted molar refractivity (Wildman–Crippen MR) is 134 cm³/mol. The van der Waals surface area contributed by atoms with Gasteiger partial charge in [-0.15, -0.1) is 11.5 Å². The Morgan fingerprint density at radius 3 is 2.53 bits per heavy atom. The summed E-state index contributed by atoms with van der Waals surface area (Å²) in [5.74, 6) is 1.72. The number of pyridine rings is 2. The molecule has 0 amide bonds. The smallest absolute Gasteiger partial charge is 0.139 e. The van der Waals surface area contributed by atoms with Crippen LogP contribution < -0.4 is 5.73 Å². The van der Waals surface area contributed by atoms with E-state index in [2.05, 4.69) is 34.9 Å². The van der Waals surface area contributed by atoms with Crippen LogP contribution in [-0.2, 0) is 5.41 Å². The summed E-state index contributed by atoms with van der Waals surface area (Å²) in [5.41, 5.74) is 9.93. The fourth-order valence-corrected chi connectivity index (χ4v) is 6.32. The van der Waals surface area contributed by atoms with E-state index in [9.17, 15) is 8.78 Å². The van der Waals surface area contributed by atoms with Crippen LogP contribution >= 0.6 is 0 Å². The number of hydrogen-bond donors (Lipinski definition) is 1. The molecule has 7 heteroatoms. The lowest BCUT2D eigenvalue weighted by molar-refractivity contribution is 0.243. The van der Waals surface area contributed by atoms with Gasteiger partial charge in [-0.2, -0.15) is 5.10 Å². The highest BCUT2D eigenvalue weighted by Crippen LogP contribution is 2.69. The molecule has 2 atom stereocenters. The highest BCUT2D eigenvalue weighted by Gasteiger charge is 2.65. The summed E-state index contributed by atoms with van der Waals surface area (Å²) in [7, 11) is 0. The fourth-order valence-electron chi connectivity index (χ4n) is 6.32. The number of terminal acetylenes is 1. The summed E-state index contributed by atoms with van der Waals surface area (Å²) in [6.45, 7) is 4.43. The van der Waals surface area contributed by atoms with Crippen molar-refractivity contribution in [3.8, 4) is 34.9 Å². The molecule has 0 spiro atoms. The second-order valence-corrected chi connectivity index (χ2v) is 10.1. The standard InChI is InChI=1S/C29H23F2N5/c1-4-16-13-17(15-33-27(16)32)22-9-6-10-24(34-22)29-12-11-19(28(29,2)3)18-14-23(35-36-26(18)29)25-20(30)7-5-8-21(25)31/h1,5-10,13-15,19H,11-12H2,2-3H3,(H2,32,33)/t19-,29-/m0/s1. The van der Waals surface area contributed by atoms with Crippen LogP contribution in [0.1, 0.15) is 55.1 Å². The summed E-state index contributed by atoms with van der Waals surface area (Å²) in [6.07, 6.45) is 9.02. The van der Waals surface area contributed by atoms with E-state index in [1.807, 2.05) is 30.3 Å². The van der Waals surface area contributed by atoms with Gasteiger partial charge < -0.3 is 5.73 Å². The Morgan fingerprint density at radius 1 is 1.03 bits per heavy atom. The zero-order chi connectivity index (χ0) is 25.2. The van der Waals surface area contributed by atoms with E-state index in [4.69, 9.17) is 17.1 Å². The first-order valence-corrected chi connectivity index (χ1v) is 11.8. The van der Waals surface area contributed by atoms with Gasteiger partial charge in [-0.05, 0) is 66.1 Å². The lowest BCUT2D eigenvalue weighted by Gasteiger charge is -2.37. The van der Waals surface area contributed by atoms with Crippen molar-refractivity contribution in [2.45, 2.75) is 38.0 Å². The Balaban J connectivity index is 1.51. The highest BCUT2D eigenvalue weighted by molar-refractivity contribution is 5.67. The number of anilines is 1. The molecule has 36 heavy (non-hydrogen) atoms. The minimum atomic E-state index is -0.654. The van der Waals surface area contributed by atoms with Gasteiger partial charge in [0.25, 0.3) is 0 Å². The maximum atomic E-state index is 14.5. The Labute approximate surface area is 207 Å². The molecule has 0 unspecified atom stereocenters. The maximum Gasteiger partial charge on any atom is 0.139 e. The van der Waals surface area contributed by atoms with Crippen molar-refractivity contribution in [1.82, 2.24) is 20.2 Å². The van der Waals surface area contributed by atoms with E-state index in [1.165, 1.54) is 18.2 Å². The number of nitrogens with zero attached hydrogens (tertiary/aromatic N) is 4. The summed E-state index contributed by atoms with van der Waals surface area (Å²) in [4.78, 5) is 9.29. The molecule has 2 aliphatic carbocycles. The molecule has 6 rings (SSSR count). The van der Waals surface area contributed by atoms with Crippen LogP contribution in [0.5, 0.6) is 0 Å². The first kappa shape index (κ1) is 22.3. The van der Waals surface area contributed by atoms with Crippen LogP contribution in [0, 0.1) is 29.4 Å². The largest absolute Gasteiger partial charge is 0.383 e. The van der Waals surface area contributed by atoms with Gasteiger partial charge >= 0.3 is 0 Å². The molecule has 3 aromatic heterocycles. The summed E-state index contributed by atoms with van der Waals surface area (Å²) < 4.78 is 29.0. The molecule has 3 heterocycles. The Kier molecular flexibility index (Phi) is 4.74. The van der Waals surface area contributed by atoms with Gasteiger partial charge in [0.1, 0.15) is 17.5 Å². The molecule has 1 fully saturated rings. The van der Waals surface area contributed by atoms with Crippen LogP contribution in [-0.4, -0.2) is 20.2 Å². The summed E-state index contributed by atoms with van der Waals surface area (Å²) in [6, 6.07) is 13.3. The molecule has 2 aliphatic rings. The topological polar surface area (TPSA) is 77.6 Å². The second kappa shape index (κ2) is 7.66. The number of rotatable bonds is 3. The van der Waals surface area contributed by atoms with E-state index in [-0.39, 0.29) is 22.6 Å². The van der Waals surface area contributed by atoms with Gasteiger partial charge in [0.05, 0.1) is 39.3 Å². The molecule has 1 saturated carbocycles. The number of nitrogen functional groups attached to an aromatic ring is 1. The quantitative estimate of drug-likeness (QED) is 0.385. The zero-order valence-corrected chi connectivity index (χ0v) is 19.9. The number of halogens is 2. The molecule has 4 aromatic rings. The number of nitrogens with two attached hydrogens (primary N) is 1. The second-order valence-electron chi connectivity index (χ2n) is 10.1. The third kappa shape index (κ3) is 2.87. The van der Waals surface area contributed by atoms with Gasteiger partial charge in [0.15, 0.2) is 0 Å². The van der Waals surface area contributed by atoms with Crippen LogP contribution in [0.4, 0.5) is 14.6 Å². The van der Waals surface area contributed by atoms with Crippen LogP contribution in [0.3, 0.4) is 0 Å². The maximum absolute atomic E-state index is 14.5. The zero-order valence-electron chi connectivity index (χ0n) is 19.9. The summed E-state index contributed by atoms with van der Waals surface area (Å²) >= 11 is 0. The number of benzene rings is 1. The SMILES string of the molecule is C#Cc1cc(-c2cccc([C@@]34CC[C@@H](c5cc(-c6c(F)cccc6F)nnc53)C4(C)C)n2)cnc1N. The molecule has 0 aliphatic heterocycles. The Bertz CT molecular complexity index is 1570. The average Bonchev–Trinajstić information content (AvgIpc) is 3.25. The third-order valence-electron chi connectivity index (χ3n) is 8.16. The first-order valence-electron chi connectivity index (χ1n) is 11.8. The van der Waals surface area contributed by atoms with Crippen molar-refractivity contribution in [2.24, 2.45) is 5.41 Å². The number of aromatic nitrogens is 4. The molecule has 0 radical (unpaired) electrons. The van der Waals surface area contributed by atoms with Crippen molar-refractivity contribution in [1.29, 1.82) is 0 Å². The molecule has 2 N–H and O–H groups in total. The fraction of sp³-hybridized carbons (Fsp3) is 0.241. The highest BCUT2D eigenvalue weighted by atomic mass is 19.1. The molecule has 0 saturated heterocycles. The minimum Gasteiger partial charge on any atom is -0.383 e. The number of hydrogen-bond acceptors (Lipinski definition) is 5. The Morgan fingerprint density at radius 2 is 1.78 bits per heavy atom. The lowest BCUT2D eigenvalue weighted by Crippen LogP contribution is -2.37. The van der Waals surface area contributed by atoms with E-state index < -0.39 is 17.0 Å². The predicted octanol–water partition coefficient (Wildman–Crippen LogP) is 5.65. The molecular weight excluding hydrogens is 456 g/mol. The van der Waals surface area contributed by atoms with Gasteiger partial charge in [-0.3, -0.25) is 4.98 Å². The van der Waals surface area contributed by atoms with Crippen molar-refractivity contribution in [2.75, 3.05) is 5.73 Å². The van der Waals surface area contributed by atoms with Crippen molar-refractivity contribution in [3.63, 3.8) is 0 Å². The average molecular weight is 480 g/mol. The normalized spacial score (nSPS) is 21.2. The molecule has 2 bridgehead atoms. The van der Waals surface area contributed by atoms with E-state index in [1.54, 1.807) is 6.20 Å². The van der Waals surface area contributed by atoms with Crippen LogP contribution in [0.25, 0.3) is 22.5 Å². The monoisotopic (exact) mass is 479 g/mol. The molecule has 178 valence electrons. The van der Waals surface area contributed by atoms with Gasteiger partial charge in [-0.1, -0.05) is 31.9 Å². The Hall–Kier alpha value is -4.18. The summed E-state index contributed by atoms with van der Waals surface area (Å²) in [5, 5.41) is 8.91. The van der Waals surface area contributed by atoms with Gasteiger partial charge in [0, 0.05) is 11.8 Å². The molecule has 5 nitrogen and oxygen atoms in total. The van der Waals surface area contributed by atoms with Crippen molar-refractivity contribution < 1.29 is 8.78 Å². The third-order valence-corrected chi connectivity index (χ3v) is 8.16. The van der Waals surface area contributed by atoms with Crippen LogP contribution in [0.2, 0.25) is 0 Å². The van der Waals surface area contributed by atoms with Gasteiger partial charge in [-0.25, -0.2) is 13.8 Å². The van der Waals surface area contributed by atoms with E-state index >= 15 is 0 Å². The van der Waals surface area contributed by atoms with Crippen molar-refractivity contribution >= 4 is 5.82 Å². The minimum absolute atomic E-state index is 0.150. The van der Waals surface area contributed by atoms with Crippen LogP contribution in [0.15, 0.2) is 54.7 Å². The van der Waals surface area contributed by atoms with E-state index in [0.717, 1.165) is 41.1 Å². The molecular formula is C29H23F2N5. The number of fused-ring (bicyclic) bond motifs is 5. The first-order chi connectivity index (χ1) is 17.3. The van der Waals surface area contributed by atoms with E-state index in [0.29, 0.717) is 11.4 Å².